The molecule has 1 aliphatic carbocycles. The largest absolute Gasteiger partial charge is 0.494 e. The number of alkyl halides is 2. The van der Waals surface area contributed by atoms with Crippen LogP contribution in [-0.2, 0) is 4.74 Å². The maximum absolute atomic E-state index is 13.6. The molecule has 1 amide bonds. The number of nitrogens with zero attached hydrogens (tertiary/aromatic N) is 6. The van der Waals surface area contributed by atoms with Crippen molar-refractivity contribution in [3.63, 3.8) is 0 Å². The molecule has 1 N–H and O–H groups in total. The Morgan fingerprint density at radius 1 is 1.17 bits per heavy atom. The Balaban J connectivity index is 1.28. The maximum atomic E-state index is 13.6. The molecule has 2 fully saturated rings. The molecule has 0 spiro atoms. The van der Waals surface area contributed by atoms with Crippen molar-refractivity contribution in [1.29, 1.82) is 0 Å². The third-order valence-electron chi connectivity index (χ3n) is 6.99. The highest BCUT2D eigenvalue weighted by atomic mass is 32.1. The fraction of sp³-hybridized carbons (Fsp3) is 0.357. The summed E-state index contributed by atoms with van der Waals surface area (Å²) in [6, 6.07) is 2.82. The average molecular weight is 610 g/mol. The lowest BCUT2D eigenvalue weighted by Crippen LogP contribution is -2.36. The van der Waals surface area contributed by atoms with Gasteiger partial charge in [0.2, 0.25) is 5.13 Å². The predicted molar refractivity (Wildman–Crippen MR) is 153 cm³/mol. The number of pyridine rings is 2. The van der Waals surface area contributed by atoms with Crippen molar-refractivity contribution in [2.75, 3.05) is 45.3 Å². The average Bonchev–Trinajstić information content (AvgIpc) is 3.37. The molecule has 0 bridgehead atoms. The number of ether oxygens (including phenoxy) is 2. The van der Waals surface area contributed by atoms with Gasteiger partial charge in [-0.1, -0.05) is 17.3 Å². The van der Waals surface area contributed by atoms with E-state index in [4.69, 9.17) is 9.47 Å². The van der Waals surface area contributed by atoms with Crippen molar-refractivity contribution >= 4 is 33.7 Å². The van der Waals surface area contributed by atoms with E-state index < -0.39 is 18.0 Å². The zero-order chi connectivity index (χ0) is 29.1. The summed E-state index contributed by atoms with van der Waals surface area (Å²) in [5, 5.41) is 14.4. The first kappa shape index (κ1) is 28.2. The number of aromatic nitrogens is 5. The maximum Gasteiger partial charge on any atom is 0.280 e. The summed E-state index contributed by atoms with van der Waals surface area (Å²) in [6.45, 7) is 3.42. The number of carbonyl (C=O) groups is 1. The normalized spacial score (nSPS) is 18.4. The quantitative estimate of drug-likeness (QED) is 0.286. The zero-order valence-electron chi connectivity index (χ0n) is 22.4. The van der Waals surface area contributed by atoms with E-state index in [0.717, 1.165) is 30.2 Å². The highest BCUT2D eigenvalue weighted by Crippen LogP contribution is 2.55. The molecule has 1 aliphatic heterocycles. The Kier molecular flexibility index (Phi) is 8.43. The smallest absolute Gasteiger partial charge is 0.280 e. The van der Waals surface area contributed by atoms with E-state index in [2.05, 4.69) is 47.2 Å². The lowest BCUT2D eigenvalue weighted by molar-refractivity contribution is 0.0443. The van der Waals surface area contributed by atoms with Crippen LogP contribution in [0, 0.1) is 11.8 Å². The Bertz CT molecular complexity index is 1630. The van der Waals surface area contributed by atoms with E-state index in [1.807, 2.05) is 10.9 Å². The van der Waals surface area contributed by atoms with Gasteiger partial charge in [-0.3, -0.25) is 20.0 Å². The SMILES string of the molecule is COc1cnc(C(F)F)cc1-c1cc(C#CCN2CCOCC2)ncc1C(=O)Nc1nnc([C@H]2C[C@@H]2c2cscn2)s1. The van der Waals surface area contributed by atoms with Gasteiger partial charge in [-0.2, -0.15) is 0 Å². The molecule has 10 nitrogen and oxygen atoms in total. The second-order valence-electron chi connectivity index (χ2n) is 9.68. The van der Waals surface area contributed by atoms with Crippen LogP contribution in [0.25, 0.3) is 11.1 Å². The van der Waals surface area contributed by atoms with Gasteiger partial charge in [0.1, 0.15) is 22.1 Å². The molecular weight excluding hydrogens is 584 g/mol. The number of methoxy groups -OCH3 is 1. The molecule has 0 aromatic carbocycles. The predicted octanol–water partition coefficient (Wildman–Crippen LogP) is 4.60. The minimum atomic E-state index is -2.81. The Morgan fingerprint density at radius 2 is 2.02 bits per heavy atom. The summed E-state index contributed by atoms with van der Waals surface area (Å²) in [4.78, 5) is 28.3. The van der Waals surface area contributed by atoms with Crippen molar-refractivity contribution in [3.8, 4) is 28.7 Å². The van der Waals surface area contributed by atoms with E-state index in [-0.39, 0.29) is 22.8 Å². The van der Waals surface area contributed by atoms with Crippen LogP contribution in [0.15, 0.2) is 35.4 Å². The summed E-state index contributed by atoms with van der Waals surface area (Å²) in [5.41, 5.74) is 3.54. The molecule has 4 aromatic heterocycles. The minimum absolute atomic E-state index is 0.141. The van der Waals surface area contributed by atoms with E-state index >= 15 is 0 Å². The number of hydrogen-bond donors (Lipinski definition) is 1. The van der Waals surface area contributed by atoms with Crippen molar-refractivity contribution in [2.24, 2.45) is 0 Å². The van der Waals surface area contributed by atoms with Gasteiger partial charge in [0.15, 0.2) is 0 Å². The molecule has 0 unspecified atom stereocenters. The molecule has 216 valence electrons. The molecule has 42 heavy (non-hydrogen) atoms. The van der Waals surface area contributed by atoms with Gasteiger partial charge >= 0.3 is 0 Å². The minimum Gasteiger partial charge on any atom is -0.494 e. The number of hydrogen-bond acceptors (Lipinski definition) is 11. The second kappa shape index (κ2) is 12.5. The molecule has 14 heteroatoms. The first-order valence-corrected chi connectivity index (χ1v) is 14.9. The number of amides is 1. The summed E-state index contributed by atoms with van der Waals surface area (Å²) in [6.07, 6.45) is 0.723. The van der Waals surface area contributed by atoms with Crippen molar-refractivity contribution in [3.05, 3.63) is 63.1 Å². The molecule has 4 aromatic rings. The third kappa shape index (κ3) is 6.29. The summed E-state index contributed by atoms with van der Waals surface area (Å²) in [7, 11) is 1.41. The highest BCUT2D eigenvalue weighted by Gasteiger charge is 2.43. The van der Waals surface area contributed by atoms with Gasteiger partial charge in [0.05, 0.1) is 49.8 Å². The van der Waals surface area contributed by atoms with Crippen LogP contribution in [0.5, 0.6) is 5.75 Å². The Hall–Kier alpha value is -3.90. The number of anilines is 1. The van der Waals surface area contributed by atoms with Crippen LogP contribution in [0.4, 0.5) is 13.9 Å². The molecule has 2 atom stereocenters. The van der Waals surface area contributed by atoms with Gasteiger partial charge in [-0.25, -0.2) is 18.7 Å². The first-order chi connectivity index (χ1) is 20.5. The van der Waals surface area contributed by atoms with Crippen LogP contribution in [-0.4, -0.2) is 75.9 Å². The fourth-order valence-corrected chi connectivity index (χ4v) is 6.21. The highest BCUT2D eigenvalue weighted by molar-refractivity contribution is 7.15. The van der Waals surface area contributed by atoms with E-state index in [1.54, 1.807) is 17.4 Å². The second-order valence-corrected chi connectivity index (χ2v) is 11.4. The van der Waals surface area contributed by atoms with Crippen molar-refractivity contribution in [2.45, 2.75) is 24.7 Å². The van der Waals surface area contributed by atoms with Gasteiger partial charge < -0.3 is 9.47 Å². The van der Waals surface area contributed by atoms with Crippen molar-refractivity contribution in [1.82, 2.24) is 30.0 Å². The van der Waals surface area contributed by atoms with Gasteiger partial charge in [-0.15, -0.1) is 21.5 Å². The number of carbonyl (C=O) groups excluding carboxylic acids is 1. The van der Waals surface area contributed by atoms with Crippen LogP contribution >= 0.6 is 22.7 Å². The van der Waals surface area contributed by atoms with E-state index in [9.17, 15) is 13.6 Å². The summed E-state index contributed by atoms with van der Waals surface area (Å²) in [5.74, 6) is 6.37. The van der Waals surface area contributed by atoms with Crippen LogP contribution < -0.4 is 10.1 Å². The third-order valence-corrected chi connectivity index (χ3v) is 8.57. The summed E-state index contributed by atoms with van der Waals surface area (Å²) < 4.78 is 38.0. The van der Waals surface area contributed by atoms with Gasteiger partial charge in [0, 0.05) is 47.6 Å². The number of thiazole rings is 1. The number of halogens is 2. The molecule has 1 saturated carbocycles. The molecule has 5 heterocycles. The number of rotatable bonds is 8. The zero-order valence-corrected chi connectivity index (χ0v) is 24.1. The molecular formula is C28H25F2N7O3S2. The Labute approximate surface area is 248 Å². The molecule has 2 aliphatic rings. The molecule has 0 radical (unpaired) electrons. The van der Waals surface area contributed by atoms with E-state index in [1.165, 1.54) is 36.9 Å². The lowest BCUT2D eigenvalue weighted by atomic mass is 9.99. The fourth-order valence-electron chi connectivity index (χ4n) is 4.68. The first-order valence-electron chi connectivity index (χ1n) is 13.1. The van der Waals surface area contributed by atoms with Gasteiger partial charge in [0.25, 0.3) is 12.3 Å². The molecule has 6 rings (SSSR count). The van der Waals surface area contributed by atoms with Crippen LogP contribution in [0.1, 0.15) is 57.1 Å². The van der Waals surface area contributed by atoms with Crippen LogP contribution in [0.3, 0.4) is 0 Å². The number of morpholine rings is 1. The van der Waals surface area contributed by atoms with E-state index in [0.29, 0.717) is 42.1 Å². The standard InChI is InChI=1S/C28H25F2N7O3S2/c1-39-24-13-32-22(25(29)30)11-19(24)17-9-16(3-2-4-37-5-7-40-8-6-37)31-12-21(17)26(38)34-28-36-35-27(42-28)20-10-18(20)23-14-41-15-33-23/h9,11-15,18,20,25H,4-8,10H2,1H3,(H,34,36,38)/t18-,20-/m0/s1. The lowest BCUT2D eigenvalue weighted by Gasteiger charge is -2.24. The van der Waals surface area contributed by atoms with Crippen LogP contribution in [0.2, 0.25) is 0 Å². The molecule has 1 saturated heterocycles. The van der Waals surface area contributed by atoms with Gasteiger partial charge in [-0.05, 0) is 24.5 Å². The topological polar surface area (TPSA) is 115 Å². The Morgan fingerprint density at radius 3 is 2.79 bits per heavy atom. The summed E-state index contributed by atoms with van der Waals surface area (Å²) >= 11 is 2.86. The number of nitrogens with one attached hydrogen (secondary N) is 1. The monoisotopic (exact) mass is 609 g/mol. The van der Waals surface area contributed by atoms with Crippen molar-refractivity contribution < 1.29 is 23.0 Å².